The number of ether oxygens (including phenoxy) is 1. The number of carboxylic acids is 1. The van der Waals surface area contributed by atoms with Crippen molar-refractivity contribution in [2.24, 2.45) is 0 Å². The molecule has 2 heterocycles. The van der Waals surface area contributed by atoms with Crippen LogP contribution in [0.4, 0.5) is 0 Å². The van der Waals surface area contributed by atoms with Crippen LogP contribution in [-0.2, 0) is 9.53 Å². The number of rotatable bonds is 3. The van der Waals surface area contributed by atoms with E-state index in [9.17, 15) is 9.90 Å². The van der Waals surface area contributed by atoms with Gasteiger partial charge in [-0.15, -0.1) is 0 Å². The molecule has 0 amide bonds. The molecule has 1 fully saturated rings. The molecule has 104 valence electrons. The van der Waals surface area contributed by atoms with Crippen molar-refractivity contribution in [3.8, 4) is 0 Å². The minimum Gasteiger partial charge on any atom is -0.480 e. The van der Waals surface area contributed by atoms with Gasteiger partial charge >= 0.3 is 5.97 Å². The number of aliphatic carboxylic acids is 1. The Morgan fingerprint density at radius 2 is 2.10 bits per heavy atom. The Balaban J connectivity index is 1.98. The number of nitrogens with zero attached hydrogens (tertiary/aromatic N) is 2. The Kier molecular flexibility index (Phi) is 3.62. The number of hydrogen-bond acceptors (Lipinski definition) is 4. The number of morpholine rings is 1. The van der Waals surface area contributed by atoms with Gasteiger partial charge in [-0.25, -0.2) is 0 Å². The first kappa shape index (κ1) is 13.0. The van der Waals surface area contributed by atoms with Crippen molar-refractivity contribution in [1.82, 2.24) is 9.88 Å². The number of aromatic nitrogens is 1. The van der Waals surface area contributed by atoms with E-state index in [0.717, 1.165) is 16.5 Å². The molecule has 1 saturated heterocycles. The smallest absolute Gasteiger partial charge is 0.325 e. The van der Waals surface area contributed by atoms with Crippen molar-refractivity contribution in [1.29, 1.82) is 0 Å². The summed E-state index contributed by atoms with van der Waals surface area (Å²) in [6, 6.07) is 8.82. The van der Waals surface area contributed by atoms with Crippen LogP contribution in [0.15, 0.2) is 36.5 Å². The summed E-state index contributed by atoms with van der Waals surface area (Å²) >= 11 is 0. The van der Waals surface area contributed by atoms with Crippen LogP contribution in [0.5, 0.6) is 0 Å². The van der Waals surface area contributed by atoms with Gasteiger partial charge in [-0.05, 0) is 23.8 Å². The quantitative estimate of drug-likeness (QED) is 0.921. The molecule has 5 heteroatoms. The molecule has 0 saturated carbocycles. The maximum atomic E-state index is 11.6. The first-order valence-electron chi connectivity index (χ1n) is 6.65. The zero-order valence-electron chi connectivity index (χ0n) is 11.0. The Morgan fingerprint density at radius 1 is 1.30 bits per heavy atom. The second-order valence-electron chi connectivity index (χ2n) is 4.84. The van der Waals surface area contributed by atoms with Gasteiger partial charge in [0.25, 0.3) is 0 Å². The predicted octanol–water partition coefficient (Wildman–Crippen LogP) is 1.69. The van der Waals surface area contributed by atoms with Crippen LogP contribution in [0.2, 0.25) is 0 Å². The van der Waals surface area contributed by atoms with Crippen LogP contribution in [-0.4, -0.2) is 47.3 Å². The van der Waals surface area contributed by atoms with Crippen LogP contribution >= 0.6 is 0 Å². The average Bonchev–Trinajstić information content (AvgIpc) is 2.48. The summed E-state index contributed by atoms with van der Waals surface area (Å²) in [5.41, 5.74) is 1.67. The van der Waals surface area contributed by atoms with Crippen molar-refractivity contribution in [3.63, 3.8) is 0 Å². The standard InChI is InChI=1S/C15H16N2O3/c18-15(19)14(17-6-8-20-9-7-17)12-3-4-13-11(10-12)2-1-5-16-13/h1-5,10,14H,6-9H2,(H,18,19). The summed E-state index contributed by atoms with van der Waals surface area (Å²) < 4.78 is 5.29. The Bertz CT molecular complexity index is 623. The van der Waals surface area contributed by atoms with Gasteiger partial charge in [0.2, 0.25) is 0 Å². The molecule has 1 aliphatic rings. The van der Waals surface area contributed by atoms with Crippen LogP contribution in [0, 0.1) is 0 Å². The first-order valence-corrected chi connectivity index (χ1v) is 6.65. The van der Waals surface area contributed by atoms with Gasteiger partial charge in [-0.3, -0.25) is 14.7 Å². The second kappa shape index (κ2) is 5.56. The lowest BCUT2D eigenvalue weighted by molar-refractivity contribution is -0.145. The third kappa shape index (κ3) is 2.50. The van der Waals surface area contributed by atoms with Gasteiger partial charge in [0.1, 0.15) is 6.04 Å². The number of benzene rings is 1. The van der Waals surface area contributed by atoms with E-state index in [4.69, 9.17) is 4.74 Å². The molecule has 0 aliphatic carbocycles. The highest BCUT2D eigenvalue weighted by atomic mass is 16.5. The molecule has 1 aromatic heterocycles. The molecule has 1 aliphatic heterocycles. The molecule has 1 aromatic carbocycles. The SMILES string of the molecule is O=C(O)C(c1ccc2ncccc2c1)N1CCOCC1. The van der Waals surface area contributed by atoms with Crippen LogP contribution in [0.25, 0.3) is 10.9 Å². The molecule has 0 radical (unpaired) electrons. The summed E-state index contributed by atoms with van der Waals surface area (Å²) in [4.78, 5) is 17.8. The normalized spacial score (nSPS) is 18.0. The van der Waals surface area contributed by atoms with Crippen LogP contribution in [0.1, 0.15) is 11.6 Å². The van der Waals surface area contributed by atoms with Crippen LogP contribution < -0.4 is 0 Å². The molecule has 3 rings (SSSR count). The Labute approximate surface area is 116 Å². The summed E-state index contributed by atoms with van der Waals surface area (Å²) in [6.07, 6.45) is 1.73. The molecular formula is C15H16N2O3. The van der Waals surface area contributed by atoms with E-state index in [-0.39, 0.29) is 0 Å². The Hall–Kier alpha value is -1.98. The highest BCUT2D eigenvalue weighted by molar-refractivity contribution is 5.82. The van der Waals surface area contributed by atoms with Crippen molar-refractivity contribution < 1.29 is 14.6 Å². The lowest BCUT2D eigenvalue weighted by atomic mass is 10.0. The third-order valence-corrected chi connectivity index (χ3v) is 3.59. The number of hydrogen-bond donors (Lipinski definition) is 1. The fourth-order valence-electron chi connectivity index (χ4n) is 2.61. The molecule has 1 atom stereocenters. The lowest BCUT2D eigenvalue weighted by Gasteiger charge is -2.32. The topological polar surface area (TPSA) is 62.7 Å². The maximum absolute atomic E-state index is 11.6. The van der Waals surface area contributed by atoms with Gasteiger partial charge in [-0.2, -0.15) is 0 Å². The number of fused-ring (bicyclic) bond motifs is 1. The summed E-state index contributed by atoms with van der Waals surface area (Å²) in [6.45, 7) is 2.45. The fraction of sp³-hybridized carbons (Fsp3) is 0.333. The number of carboxylic acid groups (broad SMARTS) is 1. The van der Waals surface area contributed by atoms with E-state index in [1.807, 2.05) is 35.2 Å². The fourth-order valence-corrected chi connectivity index (χ4v) is 2.61. The molecule has 1 unspecified atom stereocenters. The largest absolute Gasteiger partial charge is 0.480 e. The highest BCUT2D eigenvalue weighted by Gasteiger charge is 2.28. The van der Waals surface area contributed by atoms with Crippen molar-refractivity contribution in [2.45, 2.75) is 6.04 Å². The maximum Gasteiger partial charge on any atom is 0.325 e. The summed E-state index contributed by atoms with van der Waals surface area (Å²) in [5.74, 6) is -0.824. The first-order chi connectivity index (χ1) is 9.75. The molecular weight excluding hydrogens is 256 g/mol. The average molecular weight is 272 g/mol. The van der Waals surface area contributed by atoms with E-state index in [1.165, 1.54) is 0 Å². The minimum absolute atomic E-state index is 0.582. The number of carbonyl (C=O) groups is 1. The Morgan fingerprint density at radius 3 is 2.85 bits per heavy atom. The van der Waals surface area contributed by atoms with Gasteiger partial charge in [-0.1, -0.05) is 12.1 Å². The number of pyridine rings is 1. The van der Waals surface area contributed by atoms with Gasteiger partial charge in [0, 0.05) is 24.7 Å². The molecule has 2 aromatic rings. The van der Waals surface area contributed by atoms with Crippen molar-refractivity contribution >= 4 is 16.9 Å². The van der Waals surface area contributed by atoms with Gasteiger partial charge in [0.15, 0.2) is 0 Å². The van der Waals surface area contributed by atoms with Crippen LogP contribution in [0.3, 0.4) is 0 Å². The zero-order chi connectivity index (χ0) is 13.9. The summed E-state index contributed by atoms with van der Waals surface area (Å²) in [5, 5.41) is 10.5. The zero-order valence-corrected chi connectivity index (χ0v) is 11.0. The molecule has 5 nitrogen and oxygen atoms in total. The van der Waals surface area contributed by atoms with Gasteiger partial charge in [0.05, 0.1) is 18.7 Å². The van der Waals surface area contributed by atoms with E-state index in [2.05, 4.69) is 4.98 Å². The summed E-state index contributed by atoms with van der Waals surface area (Å²) in [7, 11) is 0. The van der Waals surface area contributed by atoms with E-state index < -0.39 is 12.0 Å². The monoisotopic (exact) mass is 272 g/mol. The highest BCUT2D eigenvalue weighted by Crippen LogP contribution is 2.25. The molecule has 0 spiro atoms. The van der Waals surface area contributed by atoms with Gasteiger partial charge < -0.3 is 9.84 Å². The lowest BCUT2D eigenvalue weighted by Crippen LogP contribution is -2.42. The second-order valence-corrected chi connectivity index (χ2v) is 4.84. The third-order valence-electron chi connectivity index (χ3n) is 3.59. The predicted molar refractivity (Wildman–Crippen MR) is 74.5 cm³/mol. The van der Waals surface area contributed by atoms with Crippen molar-refractivity contribution in [2.75, 3.05) is 26.3 Å². The van der Waals surface area contributed by atoms with Crippen molar-refractivity contribution in [3.05, 3.63) is 42.1 Å². The molecule has 0 bridgehead atoms. The minimum atomic E-state index is -0.824. The molecule has 1 N–H and O–H groups in total. The van der Waals surface area contributed by atoms with E-state index in [1.54, 1.807) is 6.20 Å². The van der Waals surface area contributed by atoms with E-state index in [0.29, 0.717) is 26.3 Å². The van der Waals surface area contributed by atoms with E-state index >= 15 is 0 Å². The molecule has 20 heavy (non-hydrogen) atoms.